The molecule has 1 aromatic rings. The van der Waals surface area contributed by atoms with Gasteiger partial charge in [-0.25, -0.2) is 4.98 Å². The largest absolute Gasteiger partial charge is 0.502 e. The highest BCUT2D eigenvalue weighted by Crippen LogP contribution is 2.36. The lowest BCUT2D eigenvalue weighted by molar-refractivity contribution is 0.00578. The maximum absolute atomic E-state index is 8.81. The fourth-order valence-electron chi connectivity index (χ4n) is 1.92. The number of rotatable bonds is 5. The smallest absolute Gasteiger partial charge is 0.481 e. The summed E-state index contributed by atoms with van der Waals surface area (Å²) in [4.78, 5) is 8.44. The molecular formula is C13H22BN3O4. The maximum Gasteiger partial charge on any atom is 0.502 e. The molecule has 8 heteroatoms. The Morgan fingerprint density at radius 2 is 1.90 bits per heavy atom. The number of aliphatic hydroxyl groups excluding tert-OH is 1. The van der Waals surface area contributed by atoms with Crippen molar-refractivity contribution in [2.75, 3.05) is 25.6 Å². The molecule has 1 aliphatic heterocycles. The van der Waals surface area contributed by atoms with Crippen molar-refractivity contribution >= 4 is 18.5 Å². The Morgan fingerprint density at radius 1 is 1.29 bits per heavy atom. The van der Waals surface area contributed by atoms with Gasteiger partial charge in [-0.3, -0.25) is 0 Å². The van der Waals surface area contributed by atoms with Gasteiger partial charge in [0.05, 0.1) is 30.4 Å². The van der Waals surface area contributed by atoms with Gasteiger partial charge < -0.3 is 24.5 Å². The number of nitrogens with one attached hydrogen (secondary N) is 1. The summed E-state index contributed by atoms with van der Waals surface area (Å²) in [6.45, 7) is 8.31. The van der Waals surface area contributed by atoms with Gasteiger partial charge in [0.2, 0.25) is 11.8 Å². The third-order valence-electron chi connectivity index (χ3n) is 3.88. The molecule has 0 spiro atoms. The molecule has 0 radical (unpaired) electrons. The lowest BCUT2D eigenvalue weighted by Gasteiger charge is -2.32. The molecule has 1 saturated heterocycles. The first-order valence-electron chi connectivity index (χ1n) is 6.92. The SMILES string of the molecule is COc1nc(NCCO)ncc1B1OC(C)(C)C(C)(C)O1. The fourth-order valence-corrected chi connectivity index (χ4v) is 1.92. The second-order valence-electron chi connectivity index (χ2n) is 5.90. The molecule has 0 atom stereocenters. The molecule has 0 bridgehead atoms. The van der Waals surface area contributed by atoms with Crippen molar-refractivity contribution in [1.29, 1.82) is 0 Å². The first kappa shape index (κ1) is 16.0. The predicted molar refractivity (Wildman–Crippen MR) is 79.9 cm³/mol. The van der Waals surface area contributed by atoms with Crippen molar-refractivity contribution in [2.24, 2.45) is 0 Å². The third-order valence-corrected chi connectivity index (χ3v) is 3.88. The fraction of sp³-hybridized carbons (Fsp3) is 0.692. The molecule has 7 nitrogen and oxygen atoms in total. The van der Waals surface area contributed by atoms with Crippen molar-refractivity contribution in [3.8, 4) is 5.88 Å². The Bertz CT molecular complexity index is 494. The van der Waals surface area contributed by atoms with E-state index in [1.165, 1.54) is 7.11 Å². The van der Waals surface area contributed by atoms with Crippen LogP contribution in [0.25, 0.3) is 0 Å². The van der Waals surface area contributed by atoms with Crippen LogP contribution in [0.2, 0.25) is 0 Å². The molecule has 116 valence electrons. The Labute approximate surface area is 125 Å². The lowest BCUT2D eigenvalue weighted by atomic mass is 9.81. The van der Waals surface area contributed by atoms with Gasteiger partial charge in [-0.15, -0.1) is 0 Å². The predicted octanol–water partition coefficient (Wildman–Crippen LogP) is 0.189. The number of hydrogen-bond acceptors (Lipinski definition) is 7. The van der Waals surface area contributed by atoms with E-state index in [1.807, 2.05) is 27.7 Å². The highest BCUT2D eigenvalue weighted by Gasteiger charge is 2.52. The summed E-state index contributed by atoms with van der Waals surface area (Å²) >= 11 is 0. The number of aromatic nitrogens is 2. The van der Waals surface area contributed by atoms with Crippen molar-refractivity contribution in [3.05, 3.63) is 6.20 Å². The molecule has 1 aliphatic rings. The van der Waals surface area contributed by atoms with Crippen molar-refractivity contribution in [1.82, 2.24) is 9.97 Å². The van der Waals surface area contributed by atoms with Crippen LogP contribution in [0.4, 0.5) is 5.95 Å². The average Bonchev–Trinajstić information content (AvgIpc) is 2.64. The molecule has 0 aromatic carbocycles. The molecule has 0 aliphatic carbocycles. The topological polar surface area (TPSA) is 85.7 Å². The Hall–Kier alpha value is -1.38. The normalized spacial score (nSPS) is 19.6. The number of hydrogen-bond donors (Lipinski definition) is 2. The van der Waals surface area contributed by atoms with Crippen LogP contribution in [-0.2, 0) is 9.31 Å². The minimum absolute atomic E-state index is 0.00462. The van der Waals surface area contributed by atoms with E-state index in [-0.39, 0.29) is 6.61 Å². The summed E-state index contributed by atoms with van der Waals surface area (Å²) in [5, 5.41) is 11.7. The second-order valence-corrected chi connectivity index (χ2v) is 5.90. The van der Waals surface area contributed by atoms with Crippen molar-refractivity contribution < 1.29 is 19.2 Å². The number of aliphatic hydroxyl groups is 1. The molecule has 0 amide bonds. The molecule has 1 aromatic heterocycles. The van der Waals surface area contributed by atoms with E-state index in [4.69, 9.17) is 19.2 Å². The average molecular weight is 295 g/mol. The van der Waals surface area contributed by atoms with Crippen molar-refractivity contribution in [3.63, 3.8) is 0 Å². The quantitative estimate of drug-likeness (QED) is 0.750. The van der Waals surface area contributed by atoms with Crippen LogP contribution >= 0.6 is 0 Å². The number of nitrogens with zero attached hydrogens (tertiary/aromatic N) is 2. The van der Waals surface area contributed by atoms with Gasteiger partial charge in [0, 0.05) is 12.7 Å². The zero-order valence-corrected chi connectivity index (χ0v) is 13.1. The summed E-state index contributed by atoms with van der Waals surface area (Å²) in [5.41, 5.74) is -0.224. The molecular weight excluding hydrogens is 273 g/mol. The minimum Gasteiger partial charge on any atom is -0.481 e. The molecule has 0 unspecified atom stereocenters. The molecule has 2 rings (SSSR count). The van der Waals surface area contributed by atoms with Crippen LogP contribution in [0.15, 0.2) is 6.20 Å². The molecule has 2 N–H and O–H groups in total. The van der Waals surface area contributed by atoms with E-state index in [0.717, 1.165) is 0 Å². The molecule has 0 saturated carbocycles. The van der Waals surface area contributed by atoms with Crippen LogP contribution in [0, 0.1) is 0 Å². The Morgan fingerprint density at radius 3 is 2.43 bits per heavy atom. The first-order valence-corrected chi connectivity index (χ1v) is 6.92. The van der Waals surface area contributed by atoms with Crippen LogP contribution in [-0.4, -0.2) is 53.7 Å². The van der Waals surface area contributed by atoms with Gasteiger partial charge in [0.15, 0.2) is 0 Å². The molecule has 2 heterocycles. The monoisotopic (exact) mass is 295 g/mol. The van der Waals surface area contributed by atoms with E-state index >= 15 is 0 Å². The van der Waals surface area contributed by atoms with Gasteiger partial charge in [-0.2, -0.15) is 4.98 Å². The van der Waals surface area contributed by atoms with Crippen LogP contribution < -0.4 is 15.5 Å². The Kier molecular flexibility index (Phi) is 4.41. The summed E-state index contributed by atoms with van der Waals surface area (Å²) in [5.74, 6) is 0.783. The second kappa shape index (κ2) is 5.78. The van der Waals surface area contributed by atoms with Crippen LogP contribution in [0.1, 0.15) is 27.7 Å². The van der Waals surface area contributed by atoms with E-state index in [9.17, 15) is 0 Å². The van der Waals surface area contributed by atoms with Gasteiger partial charge in [0.25, 0.3) is 0 Å². The summed E-state index contributed by atoms with van der Waals surface area (Å²) in [6, 6.07) is 0. The number of ether oxygens (including phenoxy) is 1. The first-order chi connectivity index (χ1) is 9.80. The number of anilines is 1. The zero-order valence-electron chi connectivity index (χ0n) is 13.1. The van der Waals surface area contributed by atoms with Gasteiger partial charge in [-0.1, -0.05) is 0 Å². The van der Waals surface area contributed by atoms with Crippen LogP contribution in [0.3, 0.4) is 0 Å². The lowest BCUT2D eigenvalue weighted by Crippen LogP contribution is -2.41. The van der Waals surface area contributed by atoms with E-state index in [0.29, 0.717) is 23.8 Å². The Balaban J connectivity index is 2.25. The maximum atomic E-state index is 8.81. The van der Waals surface area contributed by atoms with Crippen LogP contribution in [0.5, 0.6) is 5.88 Å². The van der Waals surface area contributed by atoms with E-state index in [1.54, 1.807) is 6.20 Å². The van der Waals surface area contributed by atoms with Gasteiger partial charge >= 0.3 is 7.12 Å². The van der Waals surface area contributed by atoms with Crippen molar-refractivity contribution in [2.45, 2.75) is 38.9 Å². The standard InChI is InChI=1S/C13H22BN3O4/c1-12(2)13(3,4)21-14(20-12)9-8-16-11(15-6-7-18)17-10(9)19-5/h8,18H,6-7H2,1-5H3,(H,15,16,17). The number of methoxy groups -OCH3 is 1. The third kappa shape index (κ3) is 3.12. The summed E-state index contributed by atoms with van der Waals surface area (Å²) in [7, 11) is 0.962. The highest BCUT2D eigenvalue weighted by molar-refractivity contribution is 6.63. The van der Waals surface area contributed by atoms with Gasteiger partial charge in [-0.05, 0) is 27.7 Å². The summed E-state index contributed by atoms with van der Waals surface area (Å²) in [6.07, 6.45) is 1.62. The highest BCUT2D eigenvalue weighted by atomic mass is 16.7. The van der Waals surface area contributed by atoms with Gasteiger partial charge in [0.1, 0.15) is 0 Å². The minimum atomic E-state index is -0.572. The summed E-state index contributed by atoms with van der Waals surface area (Å²) < 4.78 is 17.2. The zero-order chi connectivity index (χ0) is 15.7. The van der Waals surface area contributed by atoms with E-state index < -0.39 is 18.3 Å². The molecule has 1 fully saturated rings. The van der Waals surface area contributed by atoms with E-state index in [2.05, 4.69) is 15.3 Å². The molecule has 21 heavy (non-hydrogen) atoms.